The third kappa shape index (κ3) is 3.10. The summed E-state index contributed by atoms with van der Waals surface area (Å²) in [5.41, 5.74) is 6.31. The fourth-order valence-corrected chi connectivity index (χ4v) is 2.45. The molecular weight excluding hydrogens is 295 g/mol. The van der Waals surface area contributed by atoms with Crippen molar-refractivity contribution in [1.82, 2.24) is 0 Å². The van der Waals surface area contributed by atoms with Crippen LogP contribution in [0.25, 0.3) is 0 Å². The van der Waals surface area contributed by atoms with Crippen LogP contribution >= 0.6 is 0 Å². The lowest BCUT2D eigenvalue weighted by molar-refractivity contribution is 0.598. The van der Waals surface area contributed by atoms with Gasteiger partial charge in [-0.1, -0.05) is 6.07 Å². The summed E-state index contributed by atoms with van der Waals surface area (Å²) in [6, 6.07) is 9.66. The van der Waals surface area contributed by atoms with Crippen molar-refractivity contribution in [3.8, 4) is 6.07 Å². The zero-order chi connectivity index (χ0) is 15.6. The van der Waals surface area contributed by atoms with E-state index in [1.54, 1.807) is 0 Å². The highest BCUT2D eigenvalue weighted by atomic mass is 32.2. The minimum absolute atomic E-state index is 0.0652. The van der Waals surface area contributed by atoms with E-state index in [-0.39, 0.29) is 21.8 Å². The van der Waals surface area contributed by atoms with E-state index in [2.05, 4.69) is 5.32 Å². The van der Waals surface area contributed by atoms with Crippen molar-refractivity contribution in [2.45, 2.75) is 4.90 Å². The Balaban J connectivity index is 2.49. The second-order valence-corrected chi connectivity index (χ2v) is 5.72. The summed E-state index contributed by atoms with van der Waals surface area (Å²) in [7, 11) is -3.96. The van der Waals surface area contributed by atoms with Gasteiger partial charge in [-0.2, -0.15) is 5.26 Å². The SMILES string of the molecule is N#Cc1cc(F)ccc1Nc1cccc(S(N)(=O)=O)c1N. The van der Waals surface area contributed by atoms with E-state index in [4.69, 9.17) is 16.1 Å². The van der Waals surface area contributed by atoms with Gasteiger partial charge in [-0.05, 0) is 30.3 Å². The van der Waals surface area contributed by atoms with E-state index in [0.29, 0.717) is 5.69 Å². The van der Waals surface area contributed by atoms with Crippen LogP contribution < -0.4 is 16.2 Å². The van der Waals surface area contributed by atoms with Gasteiger partial charge in [0.2, 0.25) is 10.0 Å². The average molecular weight is 306 g/mol. The van der Waals surface area contributed by atoms with Crippen molar-refractivity contribution in [1.29, 1.82) is 5.26 Å². The van der Waals surface area contributed by atoms with Crippen LogP contribution in [0, 0.1) is 17.1 Å². The molecule has 5 N–H and O–H groups in total. The summed E-state index contributed by atoms with van der Waals surface area (Å²) in [5, 5.41) is 16.8. The third-order valence-corrected chi connectivity index (χ3v) is 3.71. The molecule has 0 amide bonds. The van der Waals surface area contributed by atoms with Crippen LogP contribution in [-0.2, 0) is 10.0 Å². The number of benzene rings is 2. The van der Waals surface area contributed by atoms with Crippen LogP contribution in [0.2, 0.25) is 0 Å². The minimum atomic E-state index is -3.96. The molecule has 2 rings (SSSR count). The highest BCUT2D eigenvalue weighted by molar-refractivity contribution is 7.89. The standard InChI is InChI=1S/C13H11FN4O2S/c14-9-4-5-10(8(6-9)7-15)18-11-2-1-3-12(13(11)16)21(17,19)20/h1-6,18H,16H2,(H2,17,19,20). The number of nitrogen functional groups attached to an aromatic ring is 1. The lowest BCUT2D eigenvalue weighted by Gasteiger charge is -2.13. The molecule has 0 spiro atoms. The highest BCUT2D eigenvalue weighted by Crippen LogP contribution is 2.29. The number of hydrogen-bond acceptors (Lipinski definition) is 5. The molecule has 0 unspecified atom stereocenters. The molecule has 2 aromatic carbocycles. The molecule has 108 valence electrons. The number of sulfonamides is 1. The number of para-hydroxylation sites is 1. The molecule has 0 saturated carbocycles. The summed E-state index contributed by atoms with van der Waals surface area (Å²) < 4.78 is 35.9. The van der Waals surface area contributed by atoms with Gasteiger partial charge in [-0.25, -0.2) is 17.9 Å². The lowest BCUT2D eigenvalue weighted by atomic mass is 10.1. The largest absolute Gasteiger partial charge is 0.396 e. The van der Waals surface area contributed by atoms with Gasteiger partial charge in [-0.15, -0.1) is 0 Å². The number of rotatable bonds is 3. The van der Waals surface area contributed by atoms with E-state index in [9.17, 15) is 12.8 Å². The second-order valence-electron chi connectivity index (χ2n) is 4.19. The van der Waals surface area contributed by atoms with Gasteiger partial charge < -0.3 is 11.1 Å². The molecule has 0 atom stereocenters. The van der Waals surface area contributed by atoms with Crippen molar-refractivity contribution >= 4 is 27.1 Å². The molecule has 2 aromatic rings. The predicted octanol–water partition coefficient (Wildman–Crippen LogP) is 1.67. The van der Waals surface area contributed by atoms with Crippen LogP contribution in [0.3, 0.4) is 0 Å². The van der Waals surface area contributed by atoms with Crippen LogP contribution in [-0.4, -0.2) is 8.42 Å². The number of nitrogens with two attached hydrogens (primary N) is 2. The fraction of sp³-hybridized carbons (Fsp3) is 0. The summed E-state index contributed by atoms with van der Waals surface area (Å²) in [6.45, 7) is 0. The molecule has 0 radical (unpaired) electrons. The molecule has 0 aromatic heterocycles. The zero-order valence-electron chi connectivity index (χ0n) is 10.7. The van der Waals surface area contributed by atoms with E-state index < -0.39 is 15.8 Å². The quantitative estimate of drug-likeness (QED) is 0.744. The van der Waals surface area contributed by atoms with Gasteiger partial charge in [0.05, 0.1) is 22.6 Å². The van der Waals surface area contributed by atoms with Gasteiger partial charge in [0.1, 0.15) is 16.8 Å². The maximum atomic E-state index is 13.1. The van der Waals surface area contributed by atoms with Crippen molar-refractivity contribution in [3.05, 3.63) is 47.8 Å². The first-order valence-corrected chi connectivity index (χ1v) is 7.25. The number of hydrogen-bond donors (Lipinski definition) is 3. The average Bonchev–Trinajstić information content (AvgIpc) is 2.41. The summed E-state index contributed by atoms with van der Waals surface area (Å²) >= 11 is 0. The van der Waals surface area contributed by atoms with Gasteiger partial charge in [0.15, 0.2) is 0 Å². The molecule has 0 fully saturated rings. The molecule has 0 aliphatic heterocycles. The number of halogens is 1. The normalized spacial score (nSPS) is 10.9. The van der Waals surface area contributed by atoms with Gasteiger partial charge in [0, 0.05) is 0 Å². The van der Waals surface area contributed by atoms with Crippen molar-refractivity contribution in [2.75, 3.05) is 11.1 Å². The first kappa shape index (κ1) is 14.8. The van der Waals surface area contributed by atoms with Crippen molar-refractivity contribution < 1.29 is 12.8 Å². The lowest BCUT2D eigenvalue weighted by Crippen LogP contribution is -2.15. The first-order valence-electron chi connectivity index (χ1n) is 5.71. The molecule has 0 bridgehead atoms. The number of primary sulfonamides is 1. The molecule has 21 heavy (non-hydrogen) atoms. The van der Waals surface area contributed by atoms with Crippen LogP contribution in [0.1, 0.15) is 5.56 Å². The Bertz CT molecular complexity index is 844. The Kier molecular flexibility index (Phi) is 3.80. The van der Waals surface area contributed by atoms with E-state index in [1.165, 1.54) is 30.3 Å². The number of nitrogens with zero attached hydrogens (tertiary/aromatic N) is 1. The Morgan fingerprint density at radius 3 is 2.52 bits per heavy atom. The first-order chi connectivity index (χ1) is 9.82. The number of anilines is 3. The Morgan fingerprint density at radius 2 is 1.90 bits per heavy atom. The smallest absolute Gasteiger partial charge is 0.240 e. The van der Waals surface area contributed by atoms with Crippen molar-refractivity contribution in [2.24, 2.45) is 5.14 Å². The Hall–Kier alpha value is -2.63. The fourth-order valence-electron chi connectivity index (χ4n) is 1.76. The van der Waals surface area contributed by atoms with Crippen LogP contribution in [0.4, 0.5) is 21.5 Å². The predicted molar refractivity (Wildman–Crippen MR) is 76.6 cm³/mol. The van der Waals surface area contributed by atoms with Gasteiger partial charge in [0.25, 0.3) is 0 Å². The zero-order valence-corrected chi connectivity index (χ0v) is 11.5. The summed E-state index contributed by atoms with van der Waals surface area (Å²) in [4.78, 5) is -0.229. The molecule has 0 aliphatic carbocycles. The van der Waals surface area contributed by atoms with Gasteiger partial charge in [-0.3, -0.25) is 0 Å². The Morgan fingerprint density at radius 1 is 1.19 bits per heavy atom. The second kappa shape index (κ2) is 5.40. The molecule has 0 heterocycles. The molecule has 0 saturated heterocycles. The van der Waals surface area contributed by atoms with Crippen molar-refractivity contribution in [3.63, 3.8) is 0 Å². The topological polar surface area (TPSA) is 122 Å². The highest BCUT2D eigenvalue weighted by Gasteiger charge is 2.15. The molecular formula is C13H11FN4O2S. The van der Waals surface area contributed by atoms with Crippen LogP contribution in [0.15, 0.2) is 41.3 Å². The maximum Gasteiger partial charge on any atom is 0.240 e. The van der Waals surface area contributed by atoms with E-state index in [0.717, 1.165) is 6.07 Å². The van der Waals surface area contributed by atoms with E-state index in [1.807, 2.05) is 6.07 Å². The molecule has 6 nitrogen and oxygen atoms in total. The molecule has 0 aliphatic rings. The summed E-state index contributed by atoms with van der Waals surface area (Å²) in [6.07, 6.45) is 0. The summed E-state index contributed by atoms with van der Waals surface area (Å²) in [5.74, 6) is -0.552. The van der Waals surface area contributed by atoms with E-state index >= 15 is 0 Å². The molecule has 8 heteroatoms. The van der Waals surface area contributed by atoms with Crippen LogP contribution in [0.5, 0.6) is 0 Å². The minimum Gasteiger partial charge on any atom is -0.396 e. The third-order valence-electron chi connectivity index (χ3n) is 2.74. The number of nitrogens with one attached hydrogen (secondary N) is 1. The monoisotopic (exact) mass is 306 g/mol. The number of nitriles is 1. The Labute approximate surface area is 120 Å². The maximum absolute atomic E-state index is 13.1. The van der Waals surface area contributed by atoms with Gasteiger partial charge >= 0.3 is 0 Å².